The van der Waals surface area contributed by atoms with Crippen molar-refractivity contribution in [1.82, 2.24) is 14.5 Å². The minimum Gasteiger partial charge on any atom is -0.354 e. The van der Waals surface area contributed by atoms with Crippen molar-refractivity contribution in [2.75, 3.05) is 32.7 Å². The van der Waals surface area contributed by atoms with Crippen molar-refractivity contribution in [2.24, 2.45) is 5.92 Å². The van der Waals surface area contributed by atoms with Crippen molar-refractivity contribution in [3.8, 4) is 0 Å². The highest BCUT2D eigenvalue weighted by atomic mass is 35.5. The summed E-state index contributed by atoms with van der Waals surface area (Å²) in [4.78, 5) is 14.4. The number of halogens is 1. The van der Waals surface area contributed by atoms with Crippen LogP contribution in [0.2, 0.25) is 5.02 Å². The van der Waals surface area contributed by atoms with E-state index >= 15 is 0 Å². The Kier molecular flexibility index (Phi) is 6.85. The van der Waals surface area contributed by atoms with Gasteiger partial charge in [-0.1, -0.05) is 31.5 Å². The number of nitrogens with one attached hydrogen (secondary N) is 1. The largest absolute Gasteiger partial charge is 0.354 e. The van der Waals surface area contributed by atoms with Crippen molar-refractivity contribution in [3.63, 3.8) is 0 Å². The van der Waals surface area contributed by atoms with E-state index in [0.717, 1.165) is 0 Å². The van der Waals surface area contributed by atoms with Crippen LogP contribution in [0.4, 0.5) is 0 Å². The SMILES string of the molecule is CC(C)CNC(=O)[C@H](C)N1CCN(S(=O)(=O)c2cccc(Cl)c2)CC1. The third kappa shape index (κ3) is 5.17. The van der Waals surface area contributed by atoms with Gasteiger partial charge in [-0.3, -0.25) is 9.69 Å². The molecule has 0 unspecified atom stereocenters. The average molecular weight is 388 g/mol. The first-order valence-electron chi connectivity index (χ1n) is 8.49. The van der Waals surface area contributed by atoms with Gasteiger partial charge in [-0.2, -0.15) is 4.31 Å². The monoisotopic (exact) mass is 387 g/mol. The predicted molar refractivity (Wildman–Crippen MR) is 99.1 cm³/mol. The second-order valence-electron chi connectivity index (χ2n) is 6.71. The third-order valence-corrected chi connectivity index (χ3v) is 6.45. The van der Waals surface area contributed by atoms with Gasteiger partial charge in [0.1, 0.15) is 0 Å². The number of amides is 1. The molecule has 1 amide bonds. The normalized spacial score (nSPS) is 18.3. The highest BCUT2D eigenvalue weighted by molar-refractivity contribution is 7.89. The molecule has 8 heteroatoms. The number of sulfonamides is 1. The van der Waals surface area contributed by atoms with Crippen LogP contribution in [0.3, 0.4) is 0 Å². The number of hydrogen-bond acceptors (Lipinski definition) is 4. The Labute approximate surface area is 155 Å². The lowest BCUT2D eigenvalue weighted by Crippen LogP contribution is -2.55. The number of piperazine rings is 1. The van der Waals surface area contributed by atoms with E-state index in [1.807, 2.05) is 25.7 Å². The van der Waals surface area contributed by atoms with E-state index in [0.29, 0.717) is 43.7 Å². The van der Waals surface area contributed by atoms with Gasteiger partial charge in [0.15, 0.2) is 0 Å². The second kappa shape index (κ2) is 8.49. The minimum atomic E-state index is -3.55. The Morgan fingerprint density at radius 2 is 1.84 bits per heavy atom. The molecule has 1 aliphatic heterocycles. The van der Waals surface area contributed by atoms with Crippen LogP contribution in [-0.2, 0) is 14.8 Å². The maximum atomic E-state index is 12.7. The van der Waals surface area contributed by atoms with Crippen LogP contribution in [0.1, 0.15) is 20.8 Å². The van der Waals surface area contributed by atoms with Gasteiger partial charge in [0.05, 0.1) is 10.9 Å². The molecule has 2 rings (SSSR count). The molecule has 1 saturated heterocycles. The maximum Gasteiger partial charge on any atom is 0.243 e. The van der Waals surface area contributed by atoms with Gasteiger partial charge < -0.3 is 5.32 Å². The lowest BCUT2D eigenvalue weighted by Gasteiger charge is -2.36. The number of carbonyl (C=O) groups excluding carboxylic acids is 1. The fraction of sp³-hybridized carbons (Fsp3) is 0.588. The summed E-state index contributed by atoms with van der Waals surface area (Å²) >= 11 is 5.91. The van der Waals surface area contributed by atoms with E-state index in [2.05, 4.69) is 5.32 Å². The Morgan fingerprint density at radius 1 is 1.20 bits per heavy atom. The fourth-order valence-corrected chi connectivity index (χ4v) is 4.45. The van der Waals surface area contributed by atoms with Gasteiger partial charge >= 0.3 is 0 Å². The number of rotatable bonds is 6. The summed E-state index contributed by atoms with van der Waals surface area (Å²) in [5.74, 6) is 0.385. The number of nitrogens with zero attached hydrogens (tertiary/aromatic N) is 2. The van der Waals surface area contributed by atoms with Gasteiger partial charge in [0.25, 0.3) is 0 Å². The zero-order valence-corrected chi connectivity index (χ0v) is 16.5. The lowest BCUT2D eigenvalue weighted by molar-refractivity contribution is -0.126. The minimum absolute atomic E-state index is 0.0140. The van der Waals surface area contributed by atoms with Gasteiger partial charge in [0.2, 0.25) is 15.9 Å². The number of hydrogen-bond donors (Lipinski definition) is 1. The summed E-state index contributed by atoms with van der Waals surface area (Å²) < 4.78 is 26.8. The Hall–Kier alpha value is -1.15. The second-order valence-corrected chi connectivity index (χ2v) is 9.09. The lowest BCUT2D eigenvalue weighted by atomic mass is 10.2. The molecule has 25 heavy (non-hydrogen) atoms. The van der Waals surface area contributed by atoms with Crippen LogP contribution in [-0.4, -0.2) is 62.3 Å². The third-order valence-electron chi connectivity index (χ3n) is 4.32. The quantitative estimate of drug-likeness (QED) is 0.808. The van der Waals surface area contributed by atoms with Gasteiger partial charge in [-0.25, -0.2) is 8.42 Å². The molecule has 140 valence electrons. The first-order chi connectivity index (χ1) is 11.7. The molecule has 0 bridgehead atoms. The summed E-state index contributed by atoms with van der Waals surface area (Å²) in [6.45, 7) is 8.36. The van der Waals surface area contributed by atoms with Crippen molar-refractivity contribution in [3.05, 3.63) is 29.3 Å². The van der Waals surface area contributed by atoms with Crippen molar-refractivity contribution in [2.45, 2.75) is 31.7 Å². The van der Waals surface area contributed by atoms with Crippen LogP contribution in [0.15, 0.2) is 29.2 Å². The van der Waals surface area contributed by atoms with Crippen LogP contribution < -0.4 is 5.32 Å². The molecule has 1 aromatic carbocycles. The van der Waals surface area contributed by atoms with Gasteiger partial charge in [-0.05, 0) is 31.0 Å². The summed E-state index contributed by atoms with van der Waals surface area (Å²) in [6.07, 6.45) is 0. The molecule has 1 fully saturated rings. The number of carbonyl (C=O) groups is 1. The van der Waals surface area contributed by atoms with E-state index in [9.17, 15) is 13.2 Å². The van der Waals surface area contributed by atoms with E-state index in [1.165, 1.54) is 10.4 Å². The van der Waals surface area contributed by atoms with Crippen molar-refractivity contribution < 1.29 is 13.2 Å². The first kappa shape index (κ1) is 20.2. The Balaban J connectivity index is 1.96. The van der Waals surface area contributed by atoms with Crippen LogP contribution in [0.25, 0.3) is 0 Å². The molecule has 0 aromatic heterocycles. The molecule has 6 nitrogen and oxygen atoms in total. The smallest absolute Gasteiger partial charge is 0.243 e. The van der Waals surface area contributed by atoms with Gasteiger partial charge in [0, 0.05) is 37.7 Å². The molecular formula is C17H26ClN3O3S. The van der Waals surface area contributed by atoms with E-state index < -0.39 is 10.0 Å². The standard InChI is InChI=1S/C17H26ClN3O3S/c1-13(2)12-19-17(22)14(3)20-7-9-21(10-8-20)25(23,24)16-6-4-5-15(18)11-16/h4-6,11,13-14H,7-10,12H2,1-3H3,(H,19,22)/t14-/m0/s1. The molecule has 1 aromatic rings. The summed E-state index contributed by atoms with van der Waals surface area (Å²) in [5, 5.41) is 3.32. The van der Waals surface area contributed by atoms with Crippen LogP contribution in [0.5, 0.6) is 0 Å². The van der Waals surface area contributed by atoms with E-state index in [4.69, 9.17) is 11.6 Å². The highest BCUT2D eigenvalue weighted by Gasteiger charge is 2.31. The molecule has 0 radical (unpaired) electrons. The molecule has 1 atom stereocenters. The van der Waals surface area contributed by atoms with Crippen molar-refractivity contribution >= 4 is 27.5 Å². The van der Waals surface area contributed by atoms with E-state index in [1.54, 1.807) is 18.2 Å². The Morgan fingerprint density at radius 3 is 2.40 bits per heavy atom. The van der Waals surface area contributed by atoms with Gasteiger partial charge in [-0.15, -0.1) is 0 Å². The summed E-state index contributed by atoms with van der Waals surface area (Å²) in [7, 11) is -3.55. The first-order valence-corrected chi connectivity index (χ1v) is 10.3. The molecular weight excluding hydrogens is 362 g/mol. The van der Waals surface area contributed by atoms with Crippen LogP contribution in [0, 0.1) is 5.92 Å². The fourth-order valence-electron chi connectivity index (χ4n) is 2.73. The molecule has 0 saturated carbocycles. The molecule has 1 N–H and O–H groups in total. The van der Waals surface area contributed by atoms with E-state index in [-0.39, 0.29) is 16.8 Å². The average Bonchev–Trinajstić information content (AvgIpc) is 2.59. The highest BCUT2D eigenvalue weighted by Crippen LogP contribution is 2.21. The molecule has 0 spiro atoms. The molecule has 1 aliphatic rings. The topological polar surface area (TPSA) is 69.7 Å². The zero-order valence-electron chi connectivity index (χ0n) is 14.9. The summed E-state index contributed by atoms with van der Waals surface area (Å²) in [5.41, 5.74) is 0. The Bertz CT molecular complexity index is 701. The predicted octanol–water partition coefficient (Wildman–Crippen LogP) is 1.81. The van der Waals surface area contributed by atoms with Crippen LogP contribution >= 0.6 is 11.6 Å². The number of benzene rings is 1. The maximum absolute atomic E-state index is 12.7. The summed E-state index contributed by atoms with van der Waals surface area (Å²) in [6, 6.07) is 6.03. The zero-order chi connectivity index (χ0) is 18.6. The molecule has 1 heterocycles. The molecule has 0 aliphatic carbocycles. The van der Waals surface area contributed by atoms with Crippen molar-refractivity contribution in [1.29, 1.82) is 0 Å².